The van der Waals surface area contributed by atoms with Crippen molar-refractivity contribution in [1.29, 1.82) is 0 Å². The molecular formula is C14H31N3O2S. The molecule has 0 spiro atoms. The fourth-order valence-corrected chi connectivity index (χ4v) is 3.94. The lowest BCUT2D eigenvalue weighted by Gasteiger charge is -2.37. The monoisotopic (exact) mass is 305 g/mol. The molecule has 1 heterocycles. The van der Waals surface area contributed by atoms with E-state index in [0.29, 0.717) is 31.6 Å². The summed E-state index contributed by atoms with van der Waals surface area (Å²) in [5.41, 5.74) is 0. The molecule has 20 heavy (non-hydrogen) atoms. The standard InChI is InChI=1S/C14H31N3O2S/c1-5-14(4)16-8-10-17(11-9-16)20(18,19)12-6-7-15-13(2)3/h13-15H,5-12H2,1-4H3. The minimum absolute atomic E-state index is 0.260. The minimum Gasteiger partial charge on any atom is -0.314 e. The molecule has 6 heteroatoms. The molecule has 0 aromatic rings. The van der Waals surface area contributed by atoms with Crippen molar-refractivity contribution < 1.29 is 8.42 Å². The second-order valence-corrected chi connectivity index (χ2v) is 8.06. The van der Waals surface area contributed by atoms with Gasteiger partial charge in [-0.25, -0.2) is 8.42 Å². The van der Waals surface area contributed by atoms with E-state index in [4.69, 9.17) is 0 Å². The van der Waals surface area contributed by atoms with Crippen molar-refractivity contribution in [2.45, 2.75) is 52.6 Å². The first-order chi connectivity index (χ1) is 9.36. The smallest absolute Gasteiger partial charge is 0.214 e. The third kappa shape index (κ3) is 5.68. The number of nitrogens with zero attached hydrogens (tertiary/aromatic N) is 2. The molecule has 1 fully saturated rings. The molecule has 0 amide bonds. The summed E-state index contributed by atoms with van der Waals surface area (Å²) in [6.07, 6.45) is 1.81. The Morgan fingerprint density at radius 3 is 2.20 bits per heavy atom. The summed E-state index contributed by atoms with van der Waals surface area (Å²) < 4.78 is 26.2. The van der Waals surface area contributed by atoms with Gasteiger partial charge in [-0.05, 0) is 26.3 Å². The van der Waals surface area contributed by atoms with Crippen LogP contribution in [0.2, 0.25) is 0 Å². The van der Waals surface area contributed by atoms with Crippen LogP contribution in [0.25, 0.3) is 0 Å². The lowest BCUT2D eigenvalue weighted by Crippen LogP contribution is -2.51. The fourth-order valence-electron chi connectivity index (χ4n) is 2.46. The average molecular weight is 305 g/mol. The third-order valence-corrected chi connectivity index (χ3v) is 5.97. The van der Waals surface area contributed by atoms with E-state index in [9.17, 15) is 8.42 Å². The molecule has 1 rings (SSSR count). The third-order valence-electron chi connectivity index (χ3n) is 4.01. The molecule has 1 atom stereocenters. The van der Waals surface area contributed by atoms with E-state index in [0.717, 1.165) is 26.1 Å². The molecule has 0 saturated carbocycles. The second-order valence-electron chi connectivity index (χ2n) is 5.97. The normalized spacial score (nSPS) is 20.4. The molecule has 0 aromatic heterocycles. The Morgan fingerprint density at radius 2 is 1.70 bits per heavy atom. The van der Waals surface area contributed by atoms with Gasteiger partial charge in [0.1, 0.15) is 0 Å². The van der Waals surface area contributed by atoms with Crippen LogP contribution in [0.1, 0.15) is 40.5 Å². The van der Waals surface area contributed by atoms with Gasteiger partial charge in [0.05, 0.1) is 5.75 Å². The van der Waals surface area contributed by atoms with Crippen LogP contribution in [0.4, 0.5) is 0 Å². The minimum atomic E-state index is -3.07. The molecular weight excluding hydrogens is 274 g/mol. The van der Waals surface area contributed by atoms with Gasteiger partial charge in [-0.1, -0.05) is 20.8 Å². The lowest BCUT2D eigenvalue weighted by molar-refractivity contribution is 0.142. The van der Waals surface area contributed by atoms with Gasteiger partial charge in [0.25, 0.3) is 0 Å². The summed E-state index contributed by atoms with van der Waals surface area (Å²) in [7, 11) is -3.07. The molecule has 0 bridgehead atoms. The SMILES string of the molecule is CCC(C)N1CCN(S(=O)(=O)CCCNC(C)C)CC1. The van der Waals surface area contributed by atoms with Crippen LogP contribution in [0.5, 0.6) is 0 Å². The molecule has 5 nitrogen and oxygen atoms in total. The Balaban J connectivity index is 2.35. The molecule has 0 aliphatic carbocycles. The van der Waals surface area contributed by atoms with Gasteiger partial charge in [-0.3, -0.25) is 4.90 Å². The summed E-state index contributed by atoms with van der Waals surface area (Å²) in [5.74, 6) is 0.260. The average Bonchev–Trinajstić information content (AvgIpc) is 2.43. The maximum absolute atomic E-state index is 12.3. The van der Waals surface area contributed by atoms with Gasteiger partial charge in [-0.2, -0.15) is 4.31 Å². The first kappa shape index (κ1) is 17.9. The Hall–Kier alpha value is -0.170. The highest BCUT2D eigenvalue weighted by Crippen LogP contribution is 2.12. The molecule has 120 valence electrons. The maximum atomic E-state index is 12.3. The van der Waals surface area contributed by atoms with Gasteiger partial charge >= 0.3 is 0 Å². The van der Waals surface area contributed by atoms with Gasteiger partial charge in [0, 0.05) is 38.3 Å². The lowest BCUT2D eigenvalue weighted by atomic mass is 10.2. The van der Waals surface area contributed by atoms with Crippen molar-refractivity contribution in [2.24, 2.45) is 0 Å². The van der Waals surface area contributed by atoms with E-state index in [-0.39, 0.29) is 5.75 Å². The van der Waals surface area contributed by atoms with Crippen molar-refractivity contribution in [1.82, 2.24) is 14.5 Å². The summed E-state index contributed by atoms with van der Waals surface area (Å²) in [5, 5.41) is 3.26. The van der Waals surface area contributed by atoms with Gasteiger partial charge in [0.15, 0.2) is 0 Å². The van der Waals surface area contributed by atoms with Crippen LogP contribution >= 0.6 is 0 Å². The van der Waals surface area contributed by atoms with E-state index < -0.39 is 10.0 Å². The van der Waals surface area contributed by atoms with Crippen molar-refractivity contribution in [3.8, 4) is 0 Å². The number of nitrogens with one attached hydrogen (secondary N) is 1. The molecule has 1 aliphatic heterocycles. The highest BCUT2D eigenvalue weighted by Gasteiger charge is 2.27. The van der Waals surface area contributed by atoms with Crippen LogP contribution < -0.4 is 5.32 Å². The molecule has 1 unspecified atom stereocenters. The van der Waals surface area contributed by atoms with Crippen molar-refractivity contribution in [2.75, 3.05) is 38.5 Å². The largest absolute Gasteiger partial charge is 0.314 e. The number of sulfonamides is 1. The van der Waals surface area contributed by atoms with Crippen molar-refractivity contribution >= 4 is 10.0 Å². The molecule has 0 aromatic carbocycles. The number of rotatable bonds is 8. The number of hydrogen-bond donors (Lipinski definition) is 1. The van der Waals surface area contributed by atoms with E-state index in [1.807, 2.05) is 0 Å². The Kier molecular flexibility index (Phi) is 7.43. The highest BCUT2D eigenvalue weighted by atomic mass is 32.2. The number of hydrogen-bond acceptors (Lipinski definition) is 4. The Bertz CT molecular complexity index is 363. The van der Waals surface area contributed by atoms with Gasteiger partial charge in [-0.15, -0.1) is 0 Å². The first-order valence-electron chi connectivity index (χ1n) is 7.82. The summed E-state index contributed by atoms with van der Waals surface area (Å²) in [6.45, 7) is 12.3. The quantitative estimate of drug-likeness (QED) is 0.683. The van der Waals surface area contributed by atoms with Gasteiger partial charge in [0.2, 0.25) is 10.0 Å². The molecule has 1 saturated heterocycles. The zero-order valence-corrected chi connectivity index (χ0v) is 14.2. The van der Waals surface area contributed by atoms with Crippen LogP contribution in [-0.4, -0.2) is 68.2 Å². The van der Waals surface area contributed by atoms with E-state index in [2.05, 4.69) is 37.9 Å². The molecule has 1 N–H and O–H groups in total. The summed E-state index contributed by atoms with van der Waals surface area (Å²) in [4.78, 5) is 2.38. The van der Waals surface area contributed by atoms with Crippen LogP contribution in [0.15, 0.2) is 0 Å². The summed E-state index contributed by atoms with van der Waals surface area (Å²) in [6, 6.07) is 0.965. The summed E-state index contributed by atoms with van der Waals surface area (Å²) >= 11 is 0. The highest BCUT2D eigenvalue weighted by molar-refractivity contribution is 7.89. The molecule has 0 radical (unpaired) electrons. The predicted molar refractivity (Wildman–Crippen MR) is 84.4 cm³/mol. The Morgan fingerprint density at radius 1 is 1.10 bits per heavy atom. The fraction of sp³-hybridized carbons (Fsp3) is 1.00. The van der Waals surface area contributed by atoms with Crippen LogP contribution in [-0.2, 0) is 10.0 Å². The van der Waals surface area contributed by atoms with Crippen LogP contribution in [0, 0.1) is 0 Å². The first-order valence-corrected chi connectivity index (χ1v) is 9.43. The second kappa shape index (κ2) is 8.32. The predicted octanol–water partition coefficient (Wildman–Crippen LogP) is 1.12. The van der Waals surface area contributed by atoms with Gasteiger partial charge < -0.3 is 5.32 Å². The van der Waals surface area contributed by atoms with Crippen molar-refractivity contribution in [3.63, 3.8) is 0 Å². The van der Waals surface area contributed by atoms with E-state index >= 15 is 0 Å². The zero-order valence-electron chi connectivity index (χ0n) is 13.4. The zero-order chi connectivity index (χ0) is 15.2. The number of piperazine rings is 1. The Labute approximate surface area is 124 Å². The topological polar surface area (TPSA) is 52.7 Å². The molecule has 1 aliphatic rings. The van der Waals surface area contributed by atoms with E-state index in [1.165, 1.54) is 0 Å². The maximum Gasteiger partial charge on any atom is 0.214 e. The van der Waals surface area contributed by atoms with Crippen LogP contribution in [0.3, 0.4) is 0 Å². The van der Waals surface area contributed by atoms with Crippen molar-refractivity contribution in [3.05, 3.63) is 0 Å². The van der Waals surface area contributed by atoms with E-state index in [1.54, 1.807) is 4.31 Å².